The van der Waals surface area contributed by atoms with Gasteiger partial charge in [0.15, 0.2) is 0 Å². The summed E-state index contributed by atoms with van der Waals surface area (Å²) >= 11 is 0. The molecule has 0 fully saturated rings. The number of nitrogens with two attached hydrogens (primary N) is 1. The van der Waals surface area contributed by atoms with Gasteiger partial charge in [0.25, 0.3) is 0 Å². The van der Waals surface area contributed by atoms with Crippen molar-refractivity contribution in [1.29, 1.82) is 0 Å². The Morgan fingerprint density at radius 1 is 1.12 bits per heavy atom. The lowest BCUT2D eigenvalue weighted by molar-refractivity contribution is -0.141. The summed E-state index contributed by atoms with van der Waals surface area (Å²) in [5, 5.41) is 19.6. The average Bonchev–Trinajstić information content (AvgIpc) is 2.14. The van der Waals surface area contributed by atoms with Crippen LogP contribution in [0, 0.1) is 5.92 Å². The van der Waals surface area contributed by atoms with Crippen molar-refractivity contribution < 1.29 is 24.6 Å². The number of rotatable bonds is 7. The molecule has 0 aromatic heterocycles. The molecule has 2 unspecified atom stereocenters. The van der Waals surface area contributed by atoms with E-state index in [1.807, 2.05) is 0 Å². The Kier molecular flexibility index (Phi) is 6.19. The topological polar surface area (TPSA) is 130 Å². The Hall–Kier alpha value is -1.63. The highest BCUT2D eigenvalue weighted by Gasteiger charge is 2.23. The summed E-state index contributed by atoms with van der Waals surface area (Å²) in [5.74, 6) is -2.93. The van der Waals surface area contributed by atoms with Gasteiger partial charge in [-0.15, -0.1) is 0 Å². The second-order valence-corrected chi connectivity index (χ2v) is 4.16. The molecule has 0 saturated carbocycles. The molecule has 7 heteroatoms. The molecular weight excluding hydrogens is 228 g/mol. The van der Waals surface area contributed by atoms with Crippen LogP contribution in [0.15, 0.2) is 0 Å². The third kappa shape index (κ3) is 6.52. The van der Waals surface area contributed by atoms with E-state index in [1.165, 1.54) is 0 Å². The van der Waals surface area contributed by atoms with Gasteiger partial charge in [0.2, 0.25) is 5.91 Å². The molecule has 1 amide bonds. The highest BCUT2D eigenvalue weighted by Crippen LogP contribution is 2.06. The Balaban J connectivity index is 4.39. The van der Waals surface area contributed by atoms with E-state index in [0.29, 0.717) is 0 Å². The number of hydrogen-bond donors (Lipinski definition) is 4. The summed E-state index contributed by atoms with van der Waals surface area (Å²) in [7, 11) is 0. The third-order valence-electron chi connectivity index (χ3n) is 2.26. The van der Waals surface area contributed by atoms with Crippen LogP contribution in [0.3, 0.4) is 0 Å². The van der Waals surface area contributed by atoms with E-state index in [0.717, 1.165) is 0 Å². The summed E-state index contributed by atoms with van der Waals surface area (Å²) in [6.45, 7) is 3.52. The van der Waals surface area contributed by atoms with Crippen LogP contribution < -0.4 is 11.1 Å². The molecule has 2 atom stereocenters. The maximum absolute atomic E-state index is 11.5. The summed E-state index contributed by atoms with van der Waals surface area (Å²) in [6, 6.07) is -1.72. The largest absolute Gasteiger partial charge is 0.481 e. The van der Waals surface area contributed by atoms with Crippen LogP contribution in [-0.4, -0.2) is 40.1 Å². The van der Waals surface area contributed by atoms with E-state index in [2.05, 4.69) is 5.32 Å². The first-order valence-corrected chi connectivity index (χ1v) is 5.23. The quantitative estimate of drug-likeness (QED) is 0.474. The molecule has 0 aliphatic rings. The van der Waals surface area contributed by atoms with E-state index in [-0.39, 0.29) is 12.3 Å². The van der Waals surface area contributed by atoms with E-state index >= 15 is 0 Å². The van der Waals surface area contributed by atoms with E-state index < -0.39 is 36.4 Å². The maximum Gasteiger partial charge on any atom is 0.305 e. The number of carboxylic acid groups (broad SMARTS) is 2. The molecule has 7 nitrogen and oxygen atoms in total. The van der Waals surface area contributed by atoms with Crippen LogP contribution in [0.5, 0.6) is 0 Å². The summed E-state index contributed by atoms with van der Waals surface area (Å²) in [4.78, 5) is 32.4. The summed E-state index contributed by atoms with van der Waals surface area (Å²) in [6.07, 6.45) is -0.701. The fourth-order valence-corrected chi connectivity index (χ4v) is 1.21. The molecule has 0 aromatic carbocycles. The molecule has 0 saturated heterocycles. The lowest BCUT2D eigenvalue weighted by Crippen LogP contribution is -2.48. The number of aliphatic carboxylic acids is 2. The zero-order valence-electron chi connectivity index (χ0n) is 9.84. The number of nitrogens with one attached hydrogen (secondary N) is 1. The van der Waals surface area contributed by atoms with Crippen LogP contribution in [0.25, 0.3) is 0 Å². The van der Waals surface area contributed by atoms with Gasteiger partial charge in [0.05, 0.1) is 18.9 Å². The van der Waals surface area contributed by atoms with Crippen LogP contribution >= 0.6 is 0 Å². The van der Waals surface area contributed by atoms with E-state index in [4.69, 9.17) is 15.9 Å². The van der Waals surface area contributed by atoms with Crippen molar-refractivity contribution in [3.05, 3.63) is 0 Å². The first kappa shape index (κ1) is 15.4. The SMILES string of the molecule is CC(C)C(CC(=O)O)NC(=O)C(N)CC(=O)O. The van der Waals surface area contributed by atoms with Gasteiger partial charge in [-0.2, -0.15) is 0 Å². The lowest BCUT2D eigenvalue weighted by atomic mass is 10.0. The van der Waals surface area contributed by atoms with Gasteiger partial charge in [-0.3, -0.25) is 14.4 Å². The molecule has 0 radical (unpaired) electrons. The molecule has 17 heavy (non-hydrogen) atoms. The van der Waals surface area contributed by atoms with Crippen LogP contribution in [0.1, 0.15) is 26.7 Å². The van der Waals surface area contributed by atoms with E-state index in [9.17, 15) is 14.4 Å². The van der Waals surface area contributed by atoms with Crippen molar-refractivity contribution in [3.8, 4) is 0 Å². The van der Waals surface area contributed by atoms with Crippen LogP contribution in [-0.2, 0) is 14.4 Å². The zero-order chi connectivity index (χ0) is 13.6. The van der Waals surface area contributed by atoms with Gasteiger partial charge in [-0.25, -0.2) is 0 Å². The van der Waals surface area contributed by atoms with Gasteiger partial charge >= 0.3 is 11.9 Å². The highest BCUT2D eigenvalue weighted by atomic mass is 16.4. The van der Waals surface area contributed by atoms with Crippen molar-refractivity contribution >= 4 is 17.8 Å². The molecule has 98 valence electrons. The second kappa shape index (κ2) is 6.85. The summed E-state index contributed by atoms with van der Waals surface area (Å²) in [5.41, 5.74) is 5.36. The molecule has 0 aliphatic carbocycles. The molecule has 5 N–H and O–H groups in total. The molecule has 0 rings (SSSR count). The smallest absolute Gasteiger partial charge is 0.305 e. The molecule has 0 bridgehead atoms. The number of amides is 1. The number of carboxylic acids is 2. The Morgan fingerprint density at radius 3 is 1.94 bits per heavy atom. The molecular formula is C10H18N2O5. The zero-order valence-corrected chi connectivity index (χ0v) is 9.84. The third-order valence-corrected chi connectivity index (χ3v) is 2.26. The van der Waals surface area contributed by atoms with Crippen molar-refractivity contribution in [2.75, 3.05) is 0 Å². The van der Waals surface area contributed by atoms with Crippen molar-refractivity contribution in [2.45, 2.75) is 38.8 Å². The standard InChI is InChI=1S/C10H18N2O5/c1-5(2)7(4-9(15)16)12-10(17)6(11)3-8(13)14/h5-7H,3-4,11H2,1-2H3,(H,12,17)(H,13,14)(H,15,16). The predicted octanol–water partition coefficient (Wildman–Crippen LogP) is -0.596. The first-order valence-electron chi connectivity index (χ1n) is 5.23. The van der Waals surface area contributed by atoms with Gasteiger partial charge < -0.3 is 21.3 Å². The minimum absolute atomic E-state index is 0.0768. The minimum atomic E-state index is -1.17. The van der Waals surface area contributed by atoms with Crippen molar-refractivity contribution in [3.63, 3.8) is 0 Å². The summed E-state index contributed by atoms with van der Waals surface area (Å²) < 4.78 is 0. The van der Waals surface area contributed by atoms with Crippen molar-refractivity contribution in [2.24, 2.45) is 11.7 Å². The monoisotopic (exact) mass is 246 g/mol. The average molecular weight is 246 g/mol. The van der Waals surface area contributed by atoms with Crippen LogP contribution in [0.2, 0.25) is 0 Å². The van der Waals surface area contributed by atoms with Crippen molar-refractivity contribution in [1.82, 2.24) is 5.32 Å². The first-order chi connectivity index (χ1) is 7.73. The van der Waals surface area contributed by atoms with Crippen LogP contribution in [0.4, 0.5) is 0 Å². The Bertz CT molecular complexity index is 303. The maximum atomic E-state index is 11.5. The Labute approximate surface area is 99.0 Å². The Morgan fingerprint density at radius 2 is 1.59 bits per heavy atom. The number of hydrogen-bond acceptors (Lipinski definition) is 4. The minimum Gasteiger partial charge on any atom is -0.481 e. The number of carbonyl (C=O) groups excluding carboxylic acids is 1. The molecule has 0 aromatic rings. The molecule has 0 spiro atoms. The molecule has 0 heterocycles. The fourth-order valence-electron chi connectivity index (χ4n) is 1.21. The predicted molar refractivity (Wildman–Crippen MR) is 59.2 cm³/mol. The van der Waals surface area contributed by atoms with Gasteiger partial charge in [-0.05, 0) is 5.92 Å². The van der Waals surface area contributed by atoms with E-state index in [1.54, 1.807) is 13.8 Å². The highest BCUT2D eigenvalue weighted by molar-refractivity contribution is 5.86. The fraction of sp³-hybridized carbons (Fsp3) is 0.700. The second-order valence-electron chi connectivity index (χ2n) is 4.16. The number of carbonyl (C=O) groups is 3. The van der Waals surface area contributed by atoms with Gasteiger partial charge in [0, 0.05) is 6.04 Å². The van der Waals surface area contributed by atoms with Gasteiger partial charge in [0.1, 0.15) is 0 Å². The molecule has 0 aliphatic heterocycles. The normalized spacial score (nSPS) is 14.1. The lowest BCUT2D eigenvalue weighted by Gasteiger charge is -2.22. The van der Waals surface area contributed by atoms with Gasteiger partial charge in [-0.1, -0.05) is 13.8 Å².